The average molecular weight is 470 g/mol. The summed E-state index contributed by atoms with van der Waals surface area (Å²) in [5, 5.41) is 15.1. The maximum atomic E-state index is 12.4. The van der Waals surface area contributed by atoms with E-state index in [2.05, 4.69) is 46.5 Å². The van der Waals surface area contributed by atoms with Gasteiger partial charge in [0.05, 0.1) is 11.4 Å². The molecule has 9 heteroatoms. The Hall–Kier alpha value is -2.68. The van der Waals surface area contributed by atoms with Crippen molar-refractivity contribution in [3.63, 3.8) is 0 Å². The Morgan fingerprint density at radius 2 is 1.97 bits per heavy atom. The van der Waals surface area contributed by atoms with Crippen molar-refractivity contribution in [1.82, 2.24) is 19.7 Å². The summed E-state index contributed by atoms with van der Waals surface area (Å²) in [6.07, 6.45) is 0. The van der Waals surface area contributed by atoms with Crippen LogP contribution in [-0.4, -0.2) is 31.4 Å². The number of thioether (sulfide) groups is 1. The zero-order valence-corrected chi connectivity index (χ0v) is 19.6. The third kappa shape index (κ3) is 4.98. The molecule has 0 radical (unpaired) electrons. The number of rotatable bonds is 6. The molecule has 1 amide bonds. The molecule has 0 unspecified atom stereocenters. The van der Waals surface area contributed by atoms with Gasteiger partial charge in [0.15, 0.2) is 16.1 Å². The Bertz CT molecular complexity index is 1250. The fourth-order valence-electron chi connectivity index (χ4n) is 2.97. The molecule has 0 aliphatic heterocycles. The van der Waals surface area contributed by atoms with Crippen LogP contribution in [0.4, 0.5) is 5.13 Å². The molecule has 0 atom stereocenters. The topological polar surface area (TPSA) is 72.7 Å². The Labute approximate surface area is 193 Å². The van der Waals surface area contributed by atoms with Gasteiger partial charge in [-0.05, 0) is 43.2 Å². The number of aromatic nitrogens is 4. The summed E-state index contributed by atoms with van der Waals surface area (Å²) in [6.45, 7) is 4.16. The lowest BCUT2D eigenvalue weighted by Gasteiger charge is -2.04. The number of nitrogens with zero attached hydrogens (tertiary/aromatic N) is 4. The molecule has 0 saturated carbocycles. The highest BCUT2D eigenvalue weighted by Crippen LogP contribution is 2.27. The Balaban J connectivity index is 1.38. The first kappa shape index (κ1) is 21.5. The lowest BCUT2D eigenvalue weighted by Crippen LogP contribution is -2.14. The van der Waals surface area contributed by atoms with E-state index in [9.17, 15) is 4.79 Å². The van der Waals surface area contributed by atoms with E-state index in [4.69, 9.17) is 11.6 Å². The average Bonchev–Trinajstić information content (AvgIpc) is 3.35. The molecule has 0 bridgehead atoms. The Kier molecular flexibility index (Phi) is 6.41. The van der Waals surface area contributed by atoms with Crippen molar-refractivity contribution < 1.29 is 4.79 Å². The van der Waals surface area contributed by atoms with Crippen molar-refractivity contribution in [3.8, 4) is 22.6 Å². The summed E-state index contributed by atoms with van der Waals surface area (Å²) in [7, 11) is 1.87. The van der Waals surface area contributed by atoms with Crippen LogP contribution in [0, 0.1) is 13.8 Å². The van der Waals surface area contributed by atoms with Gasteiger partial charge >= 0.3 is 0 Å². The summed E-state index contributed by atoms with van der Waals surface area (Å²) in [5.74, 6) is 0.765. The fraction of sp³-hybridized carbons (Fsp3) is 0.182. The van der Waals surface area contributed by atoms with E-state index in [0.717, 1.165) is 16.8 Å². The van der Waals surface area contributed by atoms with Crippen molar-refractivity contribution in [2.24, 2.45) is 7.05 Å². The first-order valence-electron chi connectivity index (χ1n) is 9.52. The number of anilines is 1. The minimum Gasteiger partial charge on any atom is -0.305 e. The van der Waals surface area contributed by atoms with Gasteiger partial charge in [-0.3, -0.25) is 4.79 Å². The molecular weight excluding hydrogens is 450 g/mol. The Morgan fingerprint density at radius 1 is 1.13 bits per heavy atom. The number of aryl methyl sites for hydroxylation is 2. The highest BCUT2D eigenvalue weighted by Gasteiger charge is 2.14. The minimum atomic E-state index is -0.140. The van der Waals surface area contributed by atoms with Gasteiger partial charge in [0.25, 0.3) is 0 Å². The van der Waals surface area contributed by atoms with Crippen molar-refractivity contribution in [2.75, 3.05) is 11.1 Å². The van der Waals surface area contributed by atoms with Crippen molar-refractivity contribution in [2.45, 2.75) is 19.0 Å². The molecule has 4 rings (SSSR count). The van der Waals surface area contributed by atoms with E-state index in [1.807, 2.05) is 47.3 Å². The summed E-state index contributed by atoms with van der Waals surface area (Å²) < 4.78 is 1.85. The number of hydrogen-bond acceptors (Lipinski definition) is 6. The number of carbonyl (C=O) groups excluding carboxylic acids is 1. The van der Waals surface area contributed by atoms with Gasteiger partial charge < -0.3 is 9.88 Å². The van der Waals surface area contributed by atoms with E-state index < -0.39 is 0 Å². The predicted molar refractivity (Wildman–Crippen MR) is 128 cm³/mol. The standard InChI is InChI=1S/C22H20ClN5OS2/c1-13-7-8-15(9-14(13)2)18-11-30-21(24-18)25-19(29)12-31-22-27-26-20(28(22)3)16-5-4-6-17(23)10-16/h4-11H,12H2,1-3H3,(H,24,25,29). The lowest BCUT2D eigenvalue weighted by atomic mass is 10.1. The second kappa shape index (κ2) is 9.21. The largest absolute Gasteiger partial charge is 0.305 e. The first-order valence-corrected chi connectivity index (χ1v) is 11.8. The van der Waals surface area contributed by atoms with Gasteiger partial charge in [-0.15, -0.1) is 21.5 Å². The SMILES string of the molecule is Cc1ccc(-c2csc(NC(=O)CSc3nnc(-c4cccc(Cl)c4)n3C)n2)cc1C. The second-order valence-electron chi connectivity index (χ2n) is 7.05. The maximum Gasteiger partial charge on any atom is 0.236 e. The number of nitrogens with one attached hydrogen (secondary N) is 1. The van der Waals surface area contributed by atoms with Crippen LogP contribution in [0.1, 0.15) is 11.1 Å². The molecule has 2 heterocycles. The van der Waals surface area contributed by atoms with Crippen LogP contribution < -0.4 is 5.32 Å². The van der Waals surface area contributed by atoms with Gasteiger partial charge in [0, 0.05) is 28.6 Å². The smallest absolute Gasteiger partial charge is 0.236 e. The number of amides is 1. The van der Waals surface area contributed by atoms with Gasteiger partial charge in [-0.25, -0.2) is 4.98 Å². The maximum absolute atomic E-state index is 12.4. The zero-order valence-electron chi connectivity index (χ0n) is 17.2. The zero-order chi connectivity index (χ0) is 22.0. The molecule has 0 spiro atoms. The number of hydrogen-bond donors (Lipinski definition) is 1. The molecule has 2 aromatic heterocycles. The van der Waals surface area contributed by atoms with E-state index in [-0.39, 0.29) is 11.7 Å². The number of halogens is 1. The van der Waals surface area contributed by atoms with E-state index >= 15 is 0 Å². The van der Waals surface area contributed by atoms with E-state index in [1.54, 1.807) is 0 Å². The minimum absolute atomic E-state index is 0.140. The molecule has 1 N–H and O–H groups in total. The highest BCUT2D eigenvalue weighted by atomic mass is 35.5. The highest BCUT2D eigenvalue weighted by molar-refractivity contribution is 7.99. The normalized spacial score (nSPS) is 11.0. The van der Waals surface area contributed by atoms with Crippen LogP contribution in [0.15, 0.2) is 53.0 Å². The summed E-state index contributed by atoms with van der Waals surface area (Å²) in [5.41, 5.74) is 5.23. The Morgan fingerprint density at radius 3 is 2.74 bits per heavy atom. The number of benzene rings is 2. The summed E-state index contributed by atoms with van der Waals surface area (Å²) in [4.78, 5) is 17.0. The molecule has 0 saturated heterocycles. The van der Waals surface area contributed by atoms with Crippen LogP contribution in [0.25, 0.3) is 22.6 Å². The quantitative estimate of drug-likeness (QED) is 0.372. The molecule has 2 aromatic carbocycles. The third-order valence-electron chi connectivity index (χ3n) is 4.80. The summed E-state index contributed by atoms with van der Waals surface area (Å²) >= 11 is 8.80. The molecular formula is C22H20ClN5OS2. The monoisotopic (exact) mass is 469 g/mol. The molecule has 0 aliphatic carbocycles. The van der Waals surface area contributed by atoms with Crippen LogP contribution in [0.3, 0.4) is 0 Å². The van der Waals surface area contributed by atoms with Gasteiger partial charge in [0.2, 0.25) is 5.91 Å². The molecule has 0 fully saturated rings. The van der Waals surface area contributed by atoms with Crippen molar-refractivity contribution in [3.05, 3.63) is 64.0 Å². The van der Waals surface area contributed by atoms with E-state index in [0.29, 0.717) is 21.1 Å². The van der Waals surface area contributed by atoms with Crippen LogP contribution >= 0.6 is 34.7 Å². The van der Waals surface area contributed by atoms with Crippen molar-refractivity contribution in [1.29, 1.82) is 0 Å². The van der Waals surface area contributed by atoms with E-state index in [1.165, 1.54) is 34.2 Å². The molecule has 0 aliphatic rings. The lowest BCUT2D eigenvalue weighted by molar-refractivity contribution is -0.113. The molecule has 158 valence electrons. The van der Waals surface area contributed by atoms with Gasteiger partial charge in [-0.1, -0.05) is 47.6 Å². The predicted octanol–water partition coefficient (Wildman–Crippen LogP) is 5.61. The van der Waals surface area contributed by atoms with Crippen LogP contribution in [0.2, 0.25) is 5.02 Å². The molecule has 6 nitrogen and oxygen atoms in total. The van der Waals surface area contributed by atoms with Crippen molar-refractivity contribution >= 4 is 45.7 Å². The van der Waals surface area contributed by atoms with Crippen LogP contribution in [0.5, 0.6) is 0 Å². The molecule has 31 heavy (non-hydrogen) atoms. The van der Waals surface area contributed by atoms with Gasteiger partial charge in [0.1, 0.15) is 0 Å². The second-order valence-corrected chi connectivity index (χ2v) is 9.29. The number of carbonyl (C=O) groups is 1. The fourth-order valence-corrected chi connectivity index (χ4v) is 4.61. The third-order valence-corrected chi connectivity index (χ3v) is 6.82. The molecule has 4 aromatic rings. The first-order chi connectivity index (χ1) is 14.9. The summed E-state index contributed by atoms with van der Waals surface area (Å²) in [6, 6.07) is 13.7. The van der Waals surface area contributed by atoms with Crippen LogP contribution in [-0.2, 0) is 11.8 Å². The number of thiazole rings is 1. The van der Waals surface area contributed by atoms with Gasteiger partial charge in [-0.2, -0.15) is 0 Å².